The lowest BCUT2D eigenvalue weighted by Crippen LogP contribution is -2.39. The number of imidazole rings is 1. The van der Waals surface area contributed by atoms with Crippen molar-refractivity contribution in [2.45, 2.75) is 18.8 Å². The second-order valence-corrected chi connectivity index (χ2v) is 4.28. The average Bonchev–Trinajstić information content (AvgIpc) is 2.68. The topological polar surface area (TPSA) is 62.3 Å². The molecule has 2 rings (SSSR count). The monoisotopic (exact) mass is 249 g/mol. The zero-order chi connectivity index (χ0) is 13.1. The summed E-state index contributed by atoms with van der Waals surface area (Å²) in [4.78, 5) is 4.58. The summed E-state index contributed by atoms with van der Waals surface area (Å²) in [5.41, 5.74) is 8.14. The number of rotatable bonds is 5. The van der Waals surface area contributed by atoms with E-state index in [1.165, 1.54) is 0 Å². The summed E-state index contributed by atoms with van der Waals surface area (Å²) in [7, 11) is 5.16. The normalized spacial score (nSPS) is 13.4. The van der Waals surface area contributed by atoms with Gasteiger partial charge in [0.25, 0.3) is 0 Å². The smallest absolute Gasteiger partial charge is 0.172 e. The van der Waals surface area contributed by atoms with Crippen LogP contribution in [0.1, 0.15) is 5.82 Å². The Morgan fingerprint density at radius 3 is 2.56 bits per heavy atom. The molecule has 0 saturated carbocycles. The fraction of sp³-hybridized carbons (Fsp3) is 0.462. The van der Waals surface area contributed by atoms with Gasteiger partial charge < -0.3 is 19.8 Å². The average molecular weight is 249 g/mol. The number of methoxy groups -OCH3 is 2. The first kappa shape index (κ1) is 13.0. The molecule has 1 atom stereocenters. The summed E-state index contributed by atoms with van der Waals surface area (Å²) in [6.45, 7) is 0. The minimum atomic E-state index is -0.412. The SMILES string of the molecule is COC(OC)C(N)Cc1nc2ccccc2n1C. The molecule has 0 amide bonds. The van der Waals surface area contributed by atoms with E-state index in [4.69, 9.17) is 15.2 Å². The van der Waals surface area contributed by atoms with Gasteiger partial charge in [-0.15, -0.1) is 0 Å². The van der Waals surface area contributed by atoms with Gasteiger partial charge in [0.1, 0.15) is 5.82 Å². The molecular weight excluding hydrogens is 230 g/mol. The van der Waals surface area contributed by atoms with Gasteiger partial charge in [0.05, 0.1) is 17.1 Å². The summed E-state index contributed by atoms with van der Waals surface area (Å²) in [5.74, 6) is 0.933. The van der Waals surface area contributed by atoms with E-state index in [2.05, 4.69) is 9.55 Å². The van der Waals surface area contributed by atoms with Crippen LogP contribution in [0.15, 0.2) is 24.3 Å². The Balaban J connectivity index is 2.24. The molecule has 1 aromatic heterocycles. The maximum Gasteiger partial charge on any atom is 0.172 e. The number of hydrogen-bond acceptors (Lipinski definition) is 4. The van der Waals surface area contributed by atoms with Crippen LogP contribution >= 0.6 is 0 Å². The lowest BCUT2D eigenvalue weighted by Gasteiger charge is -2.20. The second-order valence-electron chi connectivity index (χ2n) is 4.28. The van der Waals surface area contributed by atoms with Crippen LogP contribution in [0.5, 0.6) is 0 Å². The van der Waals surface area contributed by atoms with Crippen LogP contribution in [0, 0.1) is 0 Å². The highest BCUT2D eigenvalue weighted by Gasteiger charge is 2.19. The van der Waals surface area contributed by atoms with Crippen molar-refractivity contribution in [3.05, 3.63) is 30.1 Å². The highest BCUT2D eigenvalue weighted by molar-refractivity contribution is 5.75. The van der Waals surface area contributed by atoms with Crippen molar-refractivity contribution in [3.63, 3.8) is 0 Å². The third kappa shape index (κ3) is 2.38. The molecule has 0 saturated heterocycles. The molecule has 0 aliphatic heterocycles. The molecular formula is C13H19N3O2. The first-order chi connectivity index (χ1) is 8.67. The molecule has 0 fully saturated rings. The van der Waals surface area contributed by atoms with E-state index in [1.807, 2.05) is 31.3 Å². The van der Waals surface area contributed by atoms with Gasteiger partial charge in [-0.05, 0) is 12.1 Å². The van der Waals surface area contributed by atoms with E-state index in [9.17, 15) is 0 Å². The Morgan fingerprint density at radius 1 is 1.28 bits per heavy atom. The number of nitrogens with zero attached hydrogens (tertiary/aromatic N) is 2. The van der Waals surface area contributed by atoms with Crippen molar-refractivity contribution in [1.82, 2.24) is 9.55 Å². The molecule has 0 bridgehead atoms. The number of aryl methyl sites for hydroxylation is 1. The van der Waals surface area contributed by atoms with Crippen molar-refractivity contribution in [2.24, 2.45) is 12.8 Å². The maximum atomic E-state index is 6.06. The zero-order valence-electron chi connectivity index (χ0n) is 11.0. The molecule has 0 radical (unpaired) electrons. The largest absolute Gasteiger partial charge is 0.354 e. The van der Waals surface area contributed by atoms with E-state index in [-0.39, 0.29) is 6.04 Å². The Morgan fingerprint density at radius 2 is 1.94 bits per heavy atom. The van der Waals surface area contributed by atoms with Crippen LogP contribution in [0.25, 0.3) is 11.0 Å². The zero-order valence-corrected chi connectivity index (χ0v) is 11.0. The summed E-state index contributed by atoms with van der Waals surface area (Å²) in [5, 5.41) is 0. The predicted octanol–water partition coefficient (Wildman–Crippen LogP) is 1.06. The molecule has 1 heterocycles. The molecule has 0 aliphatic carbocycles. The van der Waals surface area contributed by atoms with Gasteiger partial charge in [-0.2, -0.15) is 0 Å². The van der Waals surface area contributed by atoms with E-state index in [0.29, 0.717) is 6.42 Å². The number of aromatic nitrogens is 2. The van der Waals surface area contributed by atoms with Gasteiger partial charge in [-0.1, -0.05) is 12.1 Å². The minimum absolute atomic E-state index is 0.240. The highest BCUT2D eigenvalue weighted by atomic mass is 16.7. The third-order valence-electron chi connectivity index (χ3n) is 3.11. The Hall–Kier alpha value is -1.43. The molecule has 5 heteroatoms. The molecule has 98 valence electrons. The number of ether oxygens (including phenoxy) is 2. The van der Waals surface area contributed by atoms with Gasteiger partial charge >= 0.3 is 0 Å². The van der Waals surface area contributed by atoms with Gasteiger partial charge in [-0.25, -0.2) is 4.98 Å². The van der Waals surface area contributed by atoms with Crippen molar-refractivity contribution < 1.29 is 9.47 Å². The summed E-state index contributed by atoms with van der Waals surface area (Å²) in [6.07, 6.45) is 0.196. The van der Waals surface area contributed by atoms with Crippen molar-refractivity contribution >= 4 is 11.0 Å². The van der Waals surface area contributed by atoms with Crippen molar-refractivity contribution in [1.29, 1.82) is 0 Å². The van der Waals surface area contributed by atoms with E-state index in [0.717, 1.165) is 16.9 Å². The lowest BCUT2D eigenvalue weighted by molar-refractivity contribution is -0.116. The number of para-hydroxylation sites is 2. The molecule has 0 spiro atoms. The number of nitrogens with two attached hydrogens (primary N) is 1. The highest BCUT2D eigenvalue weighted by Crippen LogP contribution is 2.16. The Bertz CT molecular complexity index is 520. The minimum Gasteiger partial charge on any atom is -0.354 e. The van der Waals surface area contributed by atoms with E-state index in [1.54, 1.807) is 14.2 Å². The lowest BCUT2D eigenvalue weighted by atomic mass is 10.2. The molecule has 0 aliphatic rings. The van der Waals surface area contributed by atoms with Crippen LogP contribution in [-0.4, -0.2) is 36.1 Å². The van der Waals surface area contributed by atoms with Crippen LogP contribution in [0.3, 0.4) is 0 Å². The number of benzene rings is 1. The second kappa shape index (κ2) is 5.48. The van der Waals surface area contributed by atoms with Crippen molar-refractivity contribution in [3.8, 4) is 0 Å². The van der Waals surface area contributed by atoms with Crippen molar-refractivity contribution in [2.75, 3.05) is 14.2 Å². The van der Waals surface area contributed by atoms with Gasteiger partial charge in [0.15, 0.2) is 6.29 Å². The van der Waals surface area contributed by atoms with E-state index < -0.39 is 6.29 Å². The fourth-order valence-electron chi connectivity index (χ4n) is 2.13. The Labute approximate surface area is 107 Å². The molecule has 2 N–H and O–H groups in total. The van der Waals surface area contributed by atoms with Gasteiger partial charge in [-0.3, -0.25) is 0 Å². The van der Waals surface area contributed by atoms with Gasteiger partial charge in [0.2, 0.25) is 0 Å². The quantitative estimate of drug-likeness (QED) is 0.805. The third-order valence-corrected chi connectivity index (χ3v) is 3.11. The fourth-order valence-corrected chi connectivity index (χ4v) is 2.13. The first-order valence-electron chi connectivity index (χ1n) is 5.89. The predicted molar refractivity (Wildman–Crippen MR) is 70.2 cm³/mol. The van der Waals surface area contributed by atoms with Crippen LogP contribution in [0.4, 0.5) is 0 Å². The van der Waals surface area contributed by atoms with Crippen LogP contribution in [-0.2, 0) is 22.9 Å². The summed E-state index contributed by atoms with van der Waals surface area (Å²) >= 11 is 0. The molecule has 1 unspecified atom stereocenters. The molecule has 18 heavy (non-hydrogen) atoms. The number of fused-ring (bicyclic) bond motifs is 1. The number of hydrogen-bond donors (Lipinski definition) is 1. The molecule has 1 aromatic carbocycles. The van der Waals surface area contributed by atoms with Crippen LogP contribution in [0.2, 0.25) is 0 Å². The Kier molecular flexibility index (Phi) is 3.96. The summed E-state index contributed by atoms with van der Waals surface area (Å²) < 4.78 is 12.4. The first-order valence-corrected chi connectivity index (χ1v) is 5.89. The molecule has 2 aromatic rings. The van der Waals surface area contributed by atoms with Crippen LogP contribution < -0.4 is 5.73 Å². The van der Waals surface area contributed by atoms with Gasteiger partial charge in [0, 0.05) is 27.7 Å². The standard InChI is InChI=1S/C13H19N3O2/c1-16-11-7-5-4-6-10(11)15-12(16)8-9(14)13(17-2)18-3/h4-7,9,13H,8,14H2,1-3H3. The van der Waals surface area contributed by atoms with E-state index >= 15 is 0 Å². The molecule has 5 nitrogen and oxygen atoms in total. The summed E-state index contributed by atoms with van der Waals surface area (Å²) in [6, 6.07) is 7.78. The maximum absolute atomic E-state index is 6.06.